The number of hydrogen-bond donors (Lipinski definition) is 0. The highest BCUT2D eigenvalue weighted by molar-refractivity contribution is 7.10. The minimum absolute atomic E-state index is 0.137. The predicted octanol–water partition coefficient (Wildman–Crippen LogP) is 7.07. The number of para-hydroxylation sites is 1. The number of aryl methyl sites for hydroxylation is 1. The number of fused-ring (bicyclic) bond motifs is 1. The van der Waals surface area contributed by atoms with Crippen LogP contribution in [0.2, 0.25) is 0 Å². The molecule has 0 atom stereocenters. The fourth-order valence-corrected chi connectivity index (χ4v) is 7.28. The standard InChI is InChI=1S/C30H42N2O2S/c1-23-18-26(21-35-23)29(33)32-20-25-12-8-9-13-28(25)34-30(22-32)16-14-27(15-17-30)31(2)19-24-10-6-4-3-5-7-11-24/h8-9,12-13,18,21,24,27H,3-7,10-11,14-17,19-20,22H2,1-2H3. The van der Waals surface area contributed by atoms with Gasteiger partial charge < -0.3 is 14.5 Å². The molecule has 2 fully saturated rings. The minimum Gasteiger partial charge on any atom is -0.485 e. The summed E-state index contributed by atoms with van der Waals surface area (Å²) in [6.07, 6.45) is 14.2. The Balaban J connectivity index is 1.27. The van der Waals surface area contributed by atoms with E-state index in [0.29, 0.717) is 19.1 Å². The number of rotatable bonds is 4. The van der Waals surface area contributed by atoms with E-state index in [1.165, 1.54) is 56.4 Å². The molecule has 1 aromatic heterocycles. The summed E-state index contributed by atoms with van der Waals surface area (Å²) in [6.45, 7) is 4.60. The highest BCUT2D eigenvalue weighted by atomic mass is 32.1. The Labute approximate surface area is 215 Å². The summed E-state index contributed by atoms with van der Waals surface area (Å²) in [5.74, 6) is 1.96. The van der Waals surface area contributed by atoms with Crippen LogP contribution in [-0.2, 0) is 6.54 Å². The van der Waals surface area contributed by atoms with E-state index in [2.05, 4.69) is 43.1 Å². The van der Waals surface area contributed by atoms with Crippen LogP contribution in [0.3, 0.4) is 0 Å². The molecule has 2 saturated carbocycles. The highest BCUT2D eigenvalue weighted by Crippen LogP contribution is 2.40. The van der Waals surface area contributed by atoms with Crippen LogP contribution in [0.25, 0.3) is 0 Å². The summed E-state index contributed by atoms with van der Waals surface area (Å²) >= 11 is 1.65. The Hall–Kier alpha value is -1.85. The number of carbonyl (C=O) groups excluding carboxylic acids is 1. The van der Waals surface area contributed by atoms with Gasteiger partial charge >= 0.3 is 0 Å². The molecule has 5 rings (SSSR count). The van der Waals surface area contributed by atoms with E-state index in [4.69, 9.17) is 4.74 Å². The topological polar surface area (TPSA) is 32.8 Å². The molecule has 35 heavy (non-hydrogen) atoms. The van der Waals surface area contributed by atoms with Gasteiger partial charge in [0.15, 0.2) is 0 Å². The fraction of sp³-hybridized carbons (Fsp3) is 0.633. The number of nitrogens with zero attached hydrogens (tertiary/aromatic N) is 2. The molecule has 1 spiro atoms. The molecule has 5 heteroatoms. The van der Waals surface area contributed by atoms with Crippen LogP contribution in [0.15, 0.2) is 35.7 Å². The van der Waals surface area contributed by atoms with Crippen LogP contribution in [0, 0.1) is 12.8 Å². The SMILES string of the molecule is Cc1cc(C(=O)N2Cc3ccccc3OC3(CCC(N(C)CC4CCCCCCC4)CC3)C2)cs1. The smallest absolute Gasteiger partial charge is 0.255 e. The quantitative estimate of drug-likeness (QED) is 0.456. The summed E-state index contributed by atoms with van der Waals surface area (Å²) in [7, 11) is 2.35. The van der Waals surface area contributed by atoms with Crippen molar-refractivity contribution in [1.29, 1.82) is 0 Å². The fourth-order valence-electron chi connectivity index (χ4n) is 6.60. The van der Waals surface area contributed by atoms with Gasteiger partial charge in [0.25, 0.3) is 5.91 Å². The molecule has 1 aromatic carbocycles. The molecule has 1 amide bonds. The predicted molar refractivity (Wildman–Crippen MR) is 144 cm³/mol. The average Bonchev–Trinajstić information content (AvgIpc) is 3.20. The summed E-state index contributed by atoms with van der Waals surface area (Å²) in [5.41, 5.74) is 1.65. The Morgan fingerprint density at radius 1 is 1.09 bits per heavy atom. The molecule has 2 heterocycles. The van der Waals surface area contributed by atoms with Crippen molar-refractivity contribution in [2.45, 2.75) is 95.7 Å². The second kappa shape index (κ2) is 11.0. The van der Waals surface area contributed by atoms with Crippen LogP contribution in [0.1, 0.15) is 91.4 Å². The van der Waals surface area contributed by atoms with Crippen LogP contribution in [0.4, 0.5) is 0 Å². The molecule has 190 valence electrons. The number of benzene rings is 1. The maximum atomic E-state index is 13.5. The van der Waals surface area contributed by atoms with E-state index in [0.717, 1.165) is 48.5 Å². The molecule has 0 radical (unpaired) electrons. The van der Waals surface area contributed by atoms with Gasteiger partial charge in [-0.25, -0.2) is 0 Å². The molecule has 0 bridgehead atoms. The van der Waals surface area contributed by atoms with Crippen molar-refractivity contribution in [3.63, 3.8) is 0 Å². The summed E-state index contributed by atoms with van der Waals surface area (Å²) in [6, 6.07) is 11.0. The van der Waals surface area contributed by atoms with Gasteiger partial charge in [0, 0.05) is 35.0 Å². The molecule has 4 nitrogen and oxygen atoms in total. The highest BCUT2D eigenvalue weighted by Gasteiger charge is 2.43. The average molecular weight is 495 g/mol. The lowest BCUT2D eigenvalue weighted by molar-refractivity contribution is -0.0136. The molecule has 2 aliphatic carbocycles. The number of carbonyl (C=O) groups is 1. The Morgan fingerprint density at radius 3 is 2.51 bits per heavy atom. The van der Waals surface area contributed by atoms with Crippen molar-refractivity contribution >= 4 is 17.2 Å². The van der Waals surface area contributed by atoms with Gasteiger partial charge in [-0.3, -0.25) is 4.79 Å². The molecule has 1 aliphatic heterocycles. The molecule has 0 unspecified atom stereocenters. The van der Waals surface area contributed by atoms with Gasteiger partial charge in [0.2, 0.25) is 0 Å². The Bertz CT molecular complexity index is 986. The van der Waals surface area contributed by atoms with Crippen LogP contribution < -0.4 is 4.74 Å². The molecule has 0 saturated heterocycles. The number of thiophene rings is 1. The lowest BCUT2D eigenvalue weighted by Crippen LogP contribution is -2.52. The van der Waals surface area contributed by atoms with E-state index in [9.17, 15) is 4.79 Å². The molecule has 0 N–H and O–H groups in total. The van der Waals surface area contributed by atoms with Gasteiger partial charge in [-0.05, 0) is 70.5 Å². The molecule has 2 aromatic rings. The van der Waals surface area contributed by atoms with Gasteiger partial charge in [-0.15, -0.1) is 11.3 Å². The molecular weight excluding hydrogens is 452 g/mol. The lowest BCUT2D eigenvalue weighted by atomic mass is 9.80. The zero-order valence-electron chi connectivity index (χ0n) is 21.6. The first-order valence-corrected chi connectivity index (χ1v) is 14.7. The maximum Gasteiger partial charge on any atom is 0.255 e. The van der Waals surface area contributed by atoms with Crippen molar-refractivity contribution in [2.75, 3.05) is 20.1 Å². The largest absolute Gasteiger partial charge is 0.485 e. The first kappa shape index (κ1) is 24.8. The Morgan fingerprint density at radius 2 is 1.80 bits per heavy atom. The minimum atomic E-state index is -0.287. The van der Waals surface area contributed by atoms with Crippen molar-refractivity contribution < 1.29 is 9.53 Å². The lowest BCUT2D eigenvalue weighted by Gasteiger charge is -2.44. The second-order valence-electron chi connectivity index (χ2n) is 11.4. The summed E-state index contributed by atoms with van der Waals surface area (Å²) < 4.78 is 6.81. The van der Waals surface area contributed by atoms with Gasteiger partial charge in [-0.1, -0.05) is 50.3 Å². The first-order valence-electron chi connectivity index (χ1n) is 13.8. The van der Waals surface area contributed by atoms with Crippen molar-refractivity contribution in [1.82, 2.24) is 9.80 Å². The van der Waals surface area contributed by atoms with Crippen LogP contribution in [-0.4, -0.2) is 47.5 Å². The van der Waals surface area contributed by atoms with Crippen molar-refractivity contribution in [3.8, 4) is 5.75 Å². The third-order valence-electron chi connectivity index (χ3n) is 8.66. The van der Waals surface area contributed by atoms with E-state index < -0.39 is 0 Å². The number of hydrogen-bond acceptors (Lipinski definition) is 4. The number of ether oxygens (including phenoxy) is 1. The Kier molecular flexibility index (Phi) is 7.83. The van der Waals surface area contributed by atoms with Crippen LogP contribution >= 0.6 is 11.3 Å². The zero-order chi connectivity index (χ0) is 24.3. The van der Waals surface area contributed by atoms with Gasteiger partial charge in [-0.2, -0.15) is 0 Å². The third kappa shape index (κ3) is 5.94. The zero-order valence-corrected chi connectivity index (χ0v) is 22.5. The van der Waals surface area contributed by atoms with E-state index in [1.807, 2.05) is 16.3 Å². The van der Waals surface area contributed by atoms with Crippen LogP contribution in [0.5, 0.6) is 5.75 Å². The molecular formula is C30H42N2O2S. The van der Waals surface area contributed by atoms with Crippen molar-refractivity contribution in [2.24, 2.45) is 5.92 Å². The molecule has 3 aliphatic rings. The maximum absolute atomic E-state index is 13.5. The second-order valence-corrected chi connectivity index (χ2v) is 12.5. The van der Waals surface area contributed by atoms with E-state index >= 15 is 0 Å². The first-order chi connectivity index (χ1) is 17.0. The normalized spacial score (nSPS) is 26.0. The monoisotopic (exact) mass is 494 g/mol. The van der Waals surface area contributed by atoms with Crippen molar-refractivity contribution in [3.05, 3.63) is 51.7 Å². The third-order valence-corrected chi connectivity index (χ3v) is 9.53. The summed E-state index contributed by atoms with van der Waals surface area (Å²) in [4.78, 5) is 19.4. The number of amides is 1. The van der Waals surface area contributed by atoms with E-state index in [-0.39, 0.29) is 11.5 Å². The van der Waals surface area contributed by atoms with Gasteiger partial charge in [0.1, 0.15) is 11.4 Å². The van der Waals surface area contributed by atoms with E-state index in [1.54, 1.807) is 11.3 Å². The summed E-state index contributed by atoms with van der Waals surface area (Å²) in [5, 5.41) is 2.00. The van der Waals surface area contributed by atoms with Gasteiger partial charge in [0.05, 0.1) is 12.1 Å².